The Balaban J connectivity index is 0.000000309. The predicted octanol–water partition coefficient (Wildman–Crippen LogP) is 12.1. The molecule has 0 saturated heterocycles. The van der Waals surface area contributed by atoms with Gasteiger partial charge in [-0.1, -0.05) is 92.6 Å². The molecule has 247 valence electrons. The van der Waals surface area contributed by atoms with Crippen LogP contribution in [-0.4, -0.2) is 15.9 Å². The van der Waals surface area contributed by atoms with Crippen molar-refractivity contribution in [1.82, 2.24) is 4.98 Å². The Morgan fingerprint density at radius 2 is 1.50 bits per heavy atom. The summed E-state index contributed by atoms with van der Waals surface area (Å²) in [5, 5.41) is 15.0. The Bertz CT molecular complexity index is 1800. The van der Waals surface area contributed by atoms with Crippen LogP contribution in [0.4, 0.5) is 0 Å². The van der Waals surface area contributed by atoms with E-state index in [1.54, 1.807) is 0 Å². The number of pyridine rings is 1. The molecule has 2 heterocycles. The molecular weight excluding hydrogens is 763 g/mol. The molecule has 2 aromatic heterocycles. The van der Waals surface area contributed by atoms with Gasteiger partial charge in [0.2, 0.25) is 0 Å². The maximum absolute atomic E-state index is 11.7. The molecule has 1 N–H and O–H groups in total. The summed E-state index contributed by atoms with van der Waals surface area (Å²) < 4.78 is 2.60. The molecule has 0 saturated carbocycles. The summed E-state index contributed by atoms with van der Waals surface area (Å²) in [5.74, 6) is 0.547. The average molecular weight is 813 g/mol. The van der Waals surface area contributed by atoms with E-state index in [1.165, 1.54) is 48.1 Å². The molecule has 1 radical (unpaired) electrons. The van der Waals surface area contributed by atoms with Gasteiger partial charge in [-0.15, -0.1) is 46.2 Å². The second-order valence-electron chi connectivity index (χ2n) is 13.6. The molecule has 5 rings (SSSR count). The number of ketones is 1. The Hall–Kier alpha value is -2.85. The number of carbonyl (C=O) groups excluding carboxylic acids is 1. The van der Waals surface area contributed by atoms with E-state index in [2.05, 4.69) is 89.2 Å². The first kappa shape index (κ1) is 37.6. The number of thiophene rings is 1. The maximum Gasteiger partial charge on any atom is 0.162 e. The number of hydrogen-bond acceptors (Lipinski definition) is 4. The standard InChI is InChI=1S/C28H26NS.C13H24O2.Ir/c1-17-12-18(2)14-21(13-17)25-27-24(10-11-29-25)23-9-7-20-15-19(16-28(3,4)5)6-8-22(20)26(23)30-27;1-5-10(6-2)12(14)9-13(15)11(7-3)8-4;/h6-13,15H,16H2,1-5H3;9-11,14H,5-8H2,1-4H3;/q-1;;/b;12-9-;. The van der Waals surface area contributed by atoms with Crippen molar-refractivity contribution in [3.63, 3.8) is 0 Å². The van der Waals surface area contributed by atoms with Crippen molar-refractivity contribution in [3.8, 4) is 11.3 Å². The fourth-order valence-corrected chi connectivity index (χ4v) is 7.59. The third-order valence-electron chi connectivity index (χ3n) is 8.65. The van der Waals surface area contributed by atoms with Crippen molar-refractivity contribution in [2.24, 2.45) is 17.3 Å². The normalized spacial score (nSPS) is 12.1. The summed E-state index contributed by atoms with van der Waals surface area (Å²) in [7, 11) is 0. The largest absolute Gasteiger partial charge is 0.512 e. The van der Waals surface area contributed by atoms with E-state index in [-0.39, 0.29) is 43.5 Å². The zero-order valence-electron chi connectivity index (χ0n) is 29.0. The fraction of sp³-hybridized carbons (Fsp3) is 0.415. The van der Waals surface area contributed by atoms with Crippen LogP contribution in [-0.2, 0) is 31.3 Å². The van der Waals surface area contributed by atoms with Gasteiger partial charge in [-0.2, -0.15) is 0 Å². The van der Waals surface area contributed by atoms with Gasteiger partial charge >= 0.3 is 0 Å². The Morgan fingerprint density at radius 1 is 0.870 bits per heavy atom. The SMILES string of the molecule is CCC(CC)C(=O)/C=C(\O)C(CC)CC.Cc1[c-]c(-c2nccc3c2sc2c4ccc(CC(C)(C)C)cc4ccc32)cc(C)c1.[Ir]. The van der Waals surface area contributed by atoms with Crippen LogP contribution in [0.1, 0.15) is 90.8 Å². The van der Waals surface area contributed by atoms with Gasteiger partial charge in [-0.25, -0.2) is 0 Å². The molecule has 0 spiro atoms. The zero-order chi connectivity index (χ0) is 32.9. The first-order valence-corrected chi connectivity index (χ1v) is 17.4. The van der Waals surface area contributed by atoms with Crippen LogP contribution in [0, 0.1) is 37.2 Å². The minimum Gasteiger partial charge on any atom is -0.512 e. The van der Waals surface area contributed by atoms with Gasteiger partial charge in [0.25, 0.3) is 0 Å². The smallest absolute Gasteiger partial charge is 0.162 e. The van der Waals surface area contributed by atoms with Crippen LogP contribution in [0.25, 0.3) is 42.2 Å². The topological polar surface area (TPSA) is 50.2 Å². The summed E-state index contributed by atoms with van der Waals surface area (Å²) in [5.41, 5.74) is 6.22. The number of nitrogens with zero attached hydrogens (tertiary/aromatic N) is 1. The third-order valence-corrected chi connectivity index (χ3v) is 9.91. The second kappa shape index (κ2) is 16.3. The summed E-state index contributed by atoms with van der Waals surface area (Å²) in [4.78, 5) is 16.5. The van der Waals surface area contributed by atoms with Gasteiger partial charge in [-0.05, 0) is 65.3 Å². The Kier molecular flexibility index (Phi) is 13.3. The number of aliphatic hydroxyl groups is 1. The third kappa shape index (κ3) is 8.94. The van der Waals surface area contributed by atoms with E-state index in [0.29, 0.717) is 5.41 Å². The molecule has 0 aliphatic heterocycles. The van der Waals surface area contributed by atoms with Crippen molar-refractivity contribution < 1.29 is 30.0 Å². The first-order valence-electron chi connectivity index (χ1n) is 16.6. The molecule has 3 nitrogen and oxygen atoms in total. The molecule has 0 atom stereocenters. The van der Waals surface area contributed by atoms with Gasteiger partial charge in [0.15, 0.2) is 5.78 Å². The zero-order valence-corrected chi connectivity index (χ0v) is 32.2. The maximum atomic E-state index is 11.7. The van der Waals surface area contributed by atoms with Gasteiger partial charge < -0.3 is 10.1 Å². The van der Waals surface area contributed by atoms with Crippen molar-refractivity contribution in [3.05, 3.63) is 89.3 Å². The Labute approximate surface area is 293 Å². The van der Waals surface area contributed by atoms with Crippen molar-refractivity contribution in [2.45, 2.75) is 94.4 Å². The summed E-state index contributed by atoms with van der Waals surface area (Å²) in [6, 6.07) is 21.6. The van der Waals surface area contributed by atoms with Crippen LogP contribution in [0.3, 0.4) is 0 Å². The van der Waals surface area contributed by atoms with Crippen LogP contribution >= 0.6 is 11.3 Å². The number of aromatic nitrogens is 1. The molecule has 0 unspecified atom stereocenters. The molecule has 0 aliphatic carbocycles. The number of benzene rings is 3. The Morgan fingerprint density at radius 3 is 2.11 bits per heavy atom. The van der Waals surface area contributed by atoms with Crippen molar-refractivity contribution in [2.75, 3.05) is 0 Å². The molecule has 5 heteroatoms. The molecule has 0 fully saturated rings. The van der Waals surface area contributed by atoms with Crippen LogP contribution < -0.4 is 0 Å². The predicted molar refractivity (Wildman–Crippen MR) is 195 cm³/mol. The van der Waals surface area contributed by atoms with E-state index in [0.717, 1.165) is 48.9 Å². The van der Waals surface area contributed by atoms with E-state index >= 15 is 0 Å². The molecular formula is C41H50IrNO2S-. The molecule has 46 heavy (non-hydrogen) atoms. The van der Waals surface area contributed by atoms with Crippen LogP contribution in [0.2, 0.25) is 0 Å². The van der Waals surface area contributed by atoms with Crippen LogP contribution in [0.15, 0.2) is 66.6 Å². The number of allylic oxidation sites excluding steroid dienone is 2. The summed E-state index contributed by atoms with van der Waals surface area (Å²) in [6.07, 6.45) is 7.93. The monoisotopic (exact) mass is 813 g/mol. The van der Waals surface area contributed by atoms with Gasteiger partial charge in [0.05, 0.1) is 5.76 Å². The summed E-state index contributed by atoms with van der Waals surface area (Å²) >= 11 is 1.86. The number of rotatable bonds is 9. The quantitative estimate of drug-likeness (QED) is 0.0916. The number of aliphatic hydroxyl groups excluding tert-OH is 1. The molecule has 0 bridgehead atoms. The number of aryl methyl sites for hydroxylation is 2. The second-order valence-corrected chi connectivity index (χ2v) is 14.6. The molecule has 0 amide bonds. The van der Waals surface area contributed by atoms with Gasteiger partial charge in [0, 0.05) is 64.7 Å². The van der Waals surface area contributed by atoms with E-state index in [9.17, 15) is 9.90 Å². The van der Waals surface area contributed by atoms with E-state index in [4.69, 9.17) is 4.98 Å². The minimum absolute atomic E-state index is 0. The van der Waals surface area contributed by atoms with E-state index < -0.39 is 0 Å². The molecule has 0 aliphatic rings. The fourth-order valence-electron chi connectivity index (χ4n) is 6.26. The van der Waals surface area contributed by atoms with Crippen LogP contribution in [0.5, 0.6) is 0 Å². The number of hydrogen-bond donors (Lipinski definition) is 1. The van der Waals surface area contributed by atoms with Crippen molar-refractivity contribution >= 4 is 48.1 Å². The van der Waals surface area contributed by atoms with Gasteiger partial charge in [-0.3, -0.25) is 4.79 Å². The average Bonchev–Trinajstić information content (AvgIpc) is 3.36. The summed E-state index contributed by atoms with van der Waals surface area (Å²) in [6.45, 7) is 19.2. The van der Waals surface area contributed by atoms with E-state index in [1.807, 2.05) is 45.2 Å². The number of carbonyl (C=O) groups is 1. The minimum atomic E-state index is 0. The molecule has 5 aromatic rings. The first-order chi connectivity index (χ1) is 21.4. The van der Waals surface area contributed by atoms with Gasteiger partial charge in [0.1, 0.15) is 0 Å². The number of fused-ring (bicyclic) bond motifs is 5. The van der Waals surface area contributed by atoms with Crippen molar-refractivity contribution in [1.29, 1.82) is 0 Å². The molecule has 3 aromatic carbocycles.